The third-order valence-corrected chi connectivity index (χ3v) is 4.61. The van der Waals surface area contributed by atoms with E-state index in [9.17, 15) is 14.9 Å². The molecule has 0 atom stereocenters. The first-order valence-electron chi connectivity index (χ1n) is 8.57. The van der Waals surface area contributed by atoms with Crippen LogP contribution in [0, 0.1) is 27.4 Å². The quantitative estimate of drug-likeness (QED) is 0.517. The molecule has 0 radical (unpaired) electrons. The first-order valence-corrected chi connectivity index (χ1v) is 8.57. The minimum atomic E-state index is -0.583. The van der Waals surface area contributed by atoms with Crippen molar-refractivity contribution in [1.29, 1.82) is 5.26 Å². The van der Waals surface area contributed by atoms with E-state index in [1.54, 1.807) is 23.2 Å². The van der Waals surface area contributed by atoms with Crippen LogP contribution in [0.25, 0.3) is 16.9 Å². The molecule has 0 bridgehead atoms. The average molecular weight is 390 g/mol. The third kappa shape index (κ3) is 3.23. The molecule has 1 fully saturated rings. The lowest BCUT2D eigenvalue weighted by Gasteiger charge is -2.35. The highest BCUT2D eigenvalue weighted by atomic mass is 16.6. The van der Waals surface area contributed by atoms with Crippen molar-refractivity contribution in [2.75, 3.05) is 18.8 Å². The second-order valence-electron chi connectivity index (χ2n) is 6.46. The highest BCUT2D eigenvalue weighted by Crippen LogP contribution is 2.33. The standard InChI is InChI=1S/C18H14N8O3/c19-5-11-8-24(9-11)18(27)12-1-2-15(22-6-12)25-10-13(7-23-25)14-3-4-21-17(20)16(14)26(28)29/h1-4,6-7,10-11H,8-9H2,(H2,20,21). The van der Waals surface area contributed by atoms with Crippen molar-refractivity contribution in [3.63, 3.8) is 0 Å². The summed E-state index contributed by atoms with van der Waals surface area (Å²) < 4.78 is 1.44. The van der Waals surface area contributed by atoms with Gasteiger partial charge in [-0.2, -0.15) is 10.4 Å². The van der Waals surface area contributed by atoms with Crippen molar-refractivity contribution in [3.8, 4) is 23.0 Å². The van der Waals surface area contributed by atoms with E-state index in [0.29, 0.717) is 35.6 Å². The maximum Gasteiger partial charge on any atom is 0.319 e. The van der Waals surface area contributed by atoms with Gasteiger partial charge in [0.15, 0.2) is 5.82 Å². The SMILES string of the molecule is N#CC1CN(C(=O)c2ccc(-n3cc(-c4ccnc(N)c4[N+](=O)[O-])cn3)nc2)C1. The molecule has 2 N–H and O–H groups in total. The van der Waals surface area contributed by atoms with Crippen LogP contribution in [0.4, 0.5) is 11.5 Å². The molecule has 1 aliphatic rings. The van der Waals surface area contributed by atoms with Gasteiger partial charge in [0, 0.05) is 37.2 Å². The number of nitrogen functional groups attached to an aromatic ring is 1. The van der Waals surface area contributed by atoms with Gasteiger partial charge < -0.3 is 10.6 Å². The van der Waals surface area contributed by atoms with Crippen molar-refractivity contribution in [1.82, 2.24) is 24.6 Å². The molecule has 1 aliphatic heterocycles. The minimum Gasteiger partial charge on any atom is -0.378 e. The van der Waals surface area contributed by atoms with E-state index in [0.717, 1.165) is 0 Å². The van der Waals surface area contributed by atoms with E-state index < -0.39 is 4.92 Å². The van der Waals surface area contributed by atoms with Gasteiger partial charge >= 0.3 is 5.69 Å². The van der Waals surface area contributed by atoms with Crippen molar-refractivity contribution >= 4 is 17.4 Å². The molecule has 3 aromatic rings. The van der Waals surface area contributed by atoms with Crippen molar-refractivity contribution < 1.29 is 9.72 Å². The van der Waals surface area contributed by atoms with Crippen LogP contribution in [0.1, 0.15) is 10.4 Å². The molecular formula is C18H14N8O3. The number of nitrogens with zero attached hydrogens (tertiary/aromatic N) is 7. The fourth-order valence-corrected chi connectivity index (χ4v) is 3.04. The lowest BCUT2D eigenvalue weighted by Crippen LogP contribution is -2.49. The van der Waals surface area contributed by atoms with Crippen LogP contribution in [0.3, 0.4) is 0 Å². The number of hydrogen-bond donors (Lipinski definition) is 1. The van der Waals surface area contributed by atoms with E-state index in [-0.39, 0.29) is 23.3 Å². The summed E-state index contributed by atoms with van der Waals surface area (Å²) >= 11 is 0. The zero-order valence-corrected chi connectivity index (χ0v) is 15.0. The Kier molecular flexibility index (Phi) is 4.36. The number of amides is 1. The number of aromatic nitrogens is 4. The lowest BCUT2D eigenvalue weighted by molar-refractivity contribution is -0.383. The molecule has 4 heterocycles. The summed E-state index contributed by atoms with van der Waals surface area (Å²) in [6.07, 6.45) is 5.87. The van der Waals surface area contributed by atoms with Crippen LogP contribution in [0.2, 0.25) is 0 Å². The predicted molar refractivity (Wildman–Crippen MR) is 101 cm³/mol. The molecule has 29 heavy (non-hydrogen) atoms. The van der Waals surface area contributed by atoms with Crippen LogP contribution in [0.15, 0.2) is 43.0 Å². The average Bonchev–Trinajstić information content (AvgIpc) is 3.17. The van der Waals surface area contributed by atoms with E-state index in [2.05, 4.69) is 21.1 Å². The highest BCUT2D eigenvalue weighted by Gasteiger charge is 2.31. The van der Waals surface area contributed by atoms with Crippen LogP contribution in [-0.4, -0.2) is 48.6 Å². The Morgan fingerprint density at radius 3 is 2.72 bits per heavy atom. The van der Waals surface area contributed by atoms with Gasteiger partial charge in [-0.05, 0) is 18.2 Å². The Morgan fingerprint density at radius 2 is 2.07 bits per heavy atom. The highest BCUT2D eigenvalue weighted by molar-refractivity contribution is 5.94. The second kappa shape index (κ2) is 7.01. The largest absolute Gasteiger partial charge is 0.378 e. The normalized spacial score (nSPS) is 13.6. The third-order valence-electron chi connectivity index (χ3n) is 4.61. The molecule has 11 nitrogen and oxygen atoms in total. The molecule has 11 heteroatoms. The summed E-state index contributed by atoms with van der Waals surface area (Å²) in [6.45, 7) is 0.848. The maximum atomic E-state index is 12.3. The van der Waals surface area contributed by atoms with Crippen molar-refractivity contribution in [2.24, 2.45) is 5.92 Å². The number of hydrogen-bond acceptors (Lipinski definition) is 8. The zero-order valence-electron chi connectivity index (χ0n) is 15.0. The molecule has 0 spiro atoms. The number of nitrogens with two attached hydrogens (primary N) is 1. The Balaban J connectivity index is 1.57. The summed E-state index contributed by atoms with van der Waals surface area (Å²) in [6, 6.07) is 6.87. The van der Waals surface area contributed by atoms with Gasteiger partial charge in [-0.3, -0.25) is 14.9 Å². The summed E-state index contributed by atoms with van der Waals surface area (Å²) in [7, 11) is 0. The minimum absolute atomic E-state index is 0.111. The number of rotatable bonds is 4. The molecule has 0 aliphatic carbocycles. The summed E-state index contributed by atoms with van der Waals surface area (Å²) in [4.78, 5) is 32.7. The van der Waals surface area contributed by atoms with Gasteiger partial charge in [-0.25, -0.2) is 14.6 Å². The molecule has 1 amide bonds. The first-order chi connectivity index (χ1) is 14.0. The topological polar surface area (TPSA) is 157 Å². The lowest BCUT2D eigenvalue weighted by atomic mass is 10.0. The maximum absolute atomic E-state index is 12.3. The number of likely N-dealkylation sites (tertiary alicyclic amines) is 1. The molecule has 0 saturated carbocycles. The zero-order chi connectivity index (χ0) is 20.5. The molecular weight excluding hydrogens is 376 g/mol. The summed E-state index contributed by atoms with van der Waals surface area (Å²) in [5.74, 6) is -0.0265. The monoisotopic (exact) mass is 390 g/mol. The fourth-order valence-electron chi connectivity index (χ4n) is 3.04. The number of nitriles is 1. The molecule has 4 rings (SSSR count). The number of anilines is 1. The Hall–Kier alpha value is -4.33. The molecule has 0 aromatic carbocycles. The van der Waals surface area contributed by atoms with Crippen LogP contribution in [0.5, 0.6) is 0 Å². The Labute approximate surface area is 164 Å². The van der Waals surface area contributed by atoms with E-state index in [1.807, 2.05) is 0 Å². The molecule has 1 saturated heterocycles. The molecule has 144 valence electrons. The van der Waals surface area contributed by atoms with E-state index in [1.165, 1.54) is 29.3 Å². The van der Waals surface area contributed by atoms with Crippen LogP contribution in [-0.2, 0) is 0 Å². The summed E-state index contributed by atoms with van der Waals surface area (Å²) in [5.41, 5.74) is 6.54. The van der Waals surface area contributed by atoms with Gasteiger partial charge in [-0.15, -0.1) is 0 Å². The van der Waals surface area contributed by atoms with Crippen molar-refractivity contribution in [3.05, 3.63) is 58.7 Å². The molecule has 3 aromatic heterocycles. The number of nitro groups is 1. The number of carbonyl (C=O) groups is 1. The van der Waals surface area contributed by atoms with Gasteiger partial charge in [0.2, 0.25) is 5.82 Å². The van der Waals surface area contributed by atoms with Gasteiger partial charge in [0.05, 0.1) is 34.2 Å². The van der Waals surface area contributed by atoms with E-state index in [4.69, 9.17) is 11.0 Å². The van der Waals surface area contributed by atoms with Gasteiger partial charge in [0.25, 0.3) is 5.91 Å². The second-order valence-corrected chi connectivity index (χ2v) is 6.46. The first kappa shape index (κ1) is 18.1. The smallest absolute Gasteiger partial charge is 0.319 e. The summed E-state index contributed by atoms with van der Waals surface area (Å²) in [5, 5.41) is 24.3. The van der Waals surface area contributed by atoms with Gasteiger partial charge in [0.1, 0.15) is 0 Å². The van der Waals surface area contributed by atoms with Crippen LogP contribution >= 0.6 is 0 Å². The number of pyridine rings is 2. The Morgan fingerprint density at radius 1 is 1.28 bits per heavy atom. The van der Waals surface area contributed by atoms with E-state index >= 15 is 0 Å². The van der Waals surface area contributed by atoms with Crippen LogP contribution < -0.4 is 5.73 Å². The molecule has 0 unspecified atom stereocenters. The van der Waals surface area contributed by atoms with Crippen molar-refractivity contribution in [2.45, 2.75) is 0 Å². The Bertz CT molecular complexity index is 1140. The fraction of sp³-hybridized carbons (Fsp3) is 0.167. The number of carbonyl (C=O) groups excluding carboxylic acids is 1. The predicted octanol–water partition coefficient (Wildman–Crippen LogP) is 1.42. The van der Waals surface area contributed by atoms with Gasteiger partial charge in [-0.1, -0.05) is 0 Å².